The molecule has 0 unspecified atom stereocenters. The van der Waals surface area contributed by atoms with E-state index in [0.29, 0.717) is 12.1 Å². The first-order valence-electron chi connectivity index (χ1n) is 4.70. The lowest BCUT2D eigenvalue weighted by Gasteiger charge is -2.02. The van der Waals surface area contributed by atoms with Gasteiger partial charge in [-0.25, -0.2) is 0 Å². The first kappa shape index (κ1) is 10.2. The molecule has 2 aromatic rings. The van der Waals surface area contributed by atoms with E-state index in [1.807, 2.05) is 0 Å². The van der Waals surface area contributed by atoms with Gasteiger partial charge in [0, 0.05) is 36.1 Å². The quantitative estimate of drug-likeness (QED) is 0.678. The van der Waals surface area contributed by atoms with Crippen LogP contribution in [0.1, 0.15) is 15.9 Å². The molecule has 0 fully saturated rings. The number of hydrogen-bond donors (Lipinski definition) is 3. The van der Waals surface area contributed by atoms with Crippen LogP contribution in [0.15, 0.2) is 35.5 Å². The van der Waals surface area contributed by atoms with Crippen LogP contribution in [0.2, 0.25) is 0 Å². The lowest BCUT2D eigenvalue weighted by molar-refractivity contribution is 0.0950. The molecule has 0 aromatic carbocycles. The van der Waals surface area contributed by atoms with E-state index in [-0.39, 0.29) is 11.5 Å². The third-order valence-corrected chi connectivity index (χ3v) is 2.05. The van der Waals surface area contributed by atoms with Crippen molar-refractivity contribution in [1.82, 2.24) is 20.5 Å². The molecule has 2 aromatic heterocycles. The Morgan fingerprint density at radius 1 is 1.50 bits per heavy atom. The average molecular weight is 218 g/mol. The fourth-order valence-electron chi connectivity index (χ4n) is 1.24. The van der Waals surface area contributed by atoms with E-state index in [2.05, 4.69) is 20.5 Å². The Balaban J connectivity index is 2.01. The molecule has 0 aliphatic heterocycles. The summed E-state index contributed by atoms with van der Waals surface area (Å²) in [6.45, 7) is 0.377. The van der Waals surface area contributed by atoms with Crippen LogP contribution >= 0.6 is 0 Å². The number of H-pyrrole nitrogens is 2. The smallest absolute Gasteiger partial charge is 0.251 e. The van der Waals surface area contributed by atoms with Crippen molar-refractivity contribution in [2.45, 2.75) is 6.54 Å². The lowest BCUT2D eigenvalue weighted by Crippen LogP contribution is -2.24. The number of nitrogens with one attached hydrogen (secondary N) is 3. The summed E-state index contributed by atoms with van der Waals surface area (Å²) in [6.07, 6.45) is 4.76. The van der Waals surface area contributed by atoms with Crippen LogP contribution in [0.4, 0.5) is 0 Å². The maximum atomic E-state index is 11.6. The monoisotopic (exact) mass is 218 g/mol. The molecule has 0 saturated carbocycles. The van der Waals surface area contributed by atoms with Gasteiger partial charge in [-0.1, -0.05) is 0 Å². The number of rotatable bonds is 3. The van der Waals surface area contributed by atoms with Gasteiger partial charge < -0.3 is 10.3 Å². The fourth-order valence-corrected chi connectivity index (χ4v) is 1.24. The van der Waals surface area contributed by atoms with Crippen LogP contribution in [-0.4, -0.2) is 21.1 Å². The molecule has 6 nitrogen and oxygen atoms in total. The van der Waals surface area contributed by atoms with Crippen molar-refractivity contribution in [2.24, 2.45) is 0 Å². The second-order valence-electron chi connectivity index (χ2n) is 3.23. The Bertz CT molecular complexity index is 530. The highest BCUT2D eigenvalue weighted by Gasteiger charge is 2.05. The molecule has 0 aliphatic rings. The Hall–Kier alpha value is -2.37. The van der Waals surface area contributed by atoms with Crippen LogP contribution in [0.3, 0.4) is 0 Å². The molecule has 0 atom stereocenters. The highest BCUT2D eigenvalue weighted by atomic mass is 16.2. The van der Waals surface area contributed by atoms with Crippen molar-refractivity contribution in [3.63, 3.8) is 0 Å². The standard InChI is InChI=1S/C10H10N4O2/c15-9-3-8(1-2-11-9)10(16)12-4-7-5-13-14-6-7/h1-3,5-6H,4H2,(H,11,15)(H,12,16)(H,13,14). The first-order chi connectivity index (χ1) is 7.75. The molecule has 0 aliphatic carbocycles. The van der Waals surface area contributed by atoms with Gasteiger partial charge in [-0.15, -0.1) is 0 Å². The van der Waals surface area contributed by atoms with Crippen LogP contribution in [0.5, 0.6) is 0 Å². The van der Waals surface area contributed by atoms with Crippen LogP contribution in [-0.2, 0) is 6.54 Å². The predicted octanol–water partition coefficient (Wildman–Crippen LogP) is 0.0280. The van der Waals surface area contributed by atoms with Crippen LogP contribution in [0, 0.1) is 0 Å². The van der Waals surface area contributed by atoms with Gasteiger partial charge in [-0.3, -0.25) is 14.7 Å². The first-order valence-corrected chi connectivity index (χ1v) is 4.70. The van der Waals surface area contributed by atoms with Gasteiger partial charge in [0.1, 0.15) is 0 Å². The van der Waals surface area contributed by atoms with Crippen molar-refractivity contribution in [3.05, 3.63) is 52.2 Å². The van der Waals surface area contributed by atoms with Gasteiger partial charge in [0.05, 0.1) is 6.20 Å². The van der Waals surface area contributed by atoms with Gasteiger partial charge >= 0.3 is 0 Å². The average Bonchev–Trinajstić information content (AvgIpc) is 2.78. The molecular weight excluding hydrogens is 208 g/mol. The Morgan fingerprint density at radius 3 is 3.06 bits per heavy atom. The number of aromatic amines is 2. The molecule has 0 saturated heterocycles. The maximum Gasteiger partial charge on any atom is 0.251 e. The molecule has 2 rings (SSSR count). The SMILES string of the molecule is O=C(NCc1cn[nH]c1)c1cc[nH]c(=O)c1. The number of nitrogens with zero attached hydrogens (tertiary/aromatic N) is 1. The largest absolute Gasteiger partial charge is 0.348 e. The Kier molecular flexibility index (Phi) is 2.81. The fraction of sp³-hybridized carbons (Fsp3) is 0.100. The van der Waals surface area contributed by atoms with Gasteiger partial charge in [0.2, 0.25) is 5.56 Å². The van der Waals surface area contributed by atoms with E-state index in [9.17, 15) is 9.59 Å². The van der Waals surface area contributed by atoms with Gasteiger partial charge in [-0.05, 0) is 6.07 Å². The third-order valence-electron chi connectivity index (χ3n) is 2.05. The minimum atomic E-state index is -0.295. The summed E-state index contributed by atoms with van der Waals surface area (Å²) in [6, 6.07) is 2.80. The van der Waals surface area contributed by atoms with E-state index >= 15 is 0 Å². The second-order valence-corrected chi connectivity index (χ2v) is 3.23. The molecule has 6 heteroatoms. The second kappa shape index (κ2) is 4.43. The summed E-state index contributed by atoms with van der Waals surface area (Å²) >= 11 is 0. The van der Waals surface area contributed by atoms with E-state index in [1.54, 1.807) is 18.5 Å². The third kappa shape index (κ3) is 2.35. The van der Waals surface area contributed by atoms with E-state index in [4.69, 9.17) is 0 Å². The molecule has 16 heavy (non-hydrogen) atoms. The predicted molar refractivity (Wildman–Crippen MR) is 56.8 cm³/mol. The molecule has 82 valence electrons. The number of hydrogen-bond acceptors (Lipinski definition) is 3. The minimum Gasteiger partial charge on any atom is -0.348 e. The molecule has 0 radical (unpaired) electrons. The number of carbonyl (C=O) groups excluding carboxylic acids is 1. The van der Waals surface area contributed by atoms with Gasteiger partial charge in [0.15, 0.2) is 0 Å². The number of carbonyl (C=O) groups is 1. The normalized spacial score (nSPS) is 10.0. The molecule has 3 N–H and O–H groups in total. The molecular formula is C10H10N4O2. The summed E-state index contributed by atoms with van der Waals surface area (Å²) in [5.74, 6) is -0.285. The number of pyridine rings is 1. The van der Waals surface area contributed by atoms with Crippen molar-refractivity contribution < 1.29 is 4.79 Å². The highest BCUT2D eigenvalue weighted by molar-refractivity contribution is 5.93. The number of aromatic nitrogens is 3. The summed E-state index contributed by atoms with van der Waals surface area (Å²) in [7, 11) is 0. The van der Waals surface area contributed by atoms with Crippen LogP contribution < -0.4 is 10.9 Å². The Morgan fingerprint density at radius 2 is 2.38 bits per heavy atom. The van der Waals surface area contributed by atoms with Crippen molar-refractivity contribution >= 4 is 5.91 Å². The van der Waals surface area contributed by atoms with Gasteiger partial charge in [-0.2, -0.15) is 5.10 Å². The zero-order chi connectivity index (χ0) is 11.4. The van der Waals surface area contributed by atoms with E-state index in [1.165, 1.54) is 12.3 Å². The molecule has 0 bridgehead atoms. The van der Waals surface area contributed by atoms with Crippen molar-refractivity contribution in [2.75, 3.05) is 0 Å². The molecule has 2 heterocycles. The van der Waals surface area contributed by atoms with Crippen molar-refractivity contribution in [3.8, 4) is 0 Å². The molecule has 0 spiro atoms. The van der Waals surface area contributed by atoms with Gasteiger partial charge in [0.25, 0.3) is 5.91 Å². The zero-order valence-electron chi connectivity index (χ0n) is 8.36. The van der Waals surface area contributed by atoms with E-state index in [0.717, 1.165) is 5.56 Å². The summed E-state index contributed by atoms with van der Waals surface area (Å²) in [5.41, 5.74) is 0.918. The lowest BCUT2D eigenvalue weighted by atomic mass is 10.2. The topological polar surface area (TPSA) is 90.6 Å². The van der Waals surface area contributed by atoms with E-state index < -0.39 is 0 Å². The summed E-state index contributed by atoms with van der Waals surface area (Å²) < 4.78 is 0. The van der Waals surface area contributed by atoms with Crippen LogP contribution in [0.25, 0.3) is 0 Å². The Labute approximate surface area is 90.7 Å². The summed E-state index contributed by atoms with van der Waals surface area (Å²) in [5, 5.41) is 9.08. The highest BCUT2D eigenvalue weighted by Crippen LogP contribution is 1.96. The molecule has 1 amide bonds. The van der Waals surface area contributed by atoms with Crippen molar-refractivity contribution in [1.29, 1.82) is 0 Å². The summed E-state index contributed by atoms with van der Waals surface area (Å²) in [4.78, 5) is 25.0. The zero-order valence-corrected chi connectivity index (χ0v) is 8.36. The maximum absolute atomic E-state index is 11.6. The minimum absolute atomic E-state index is 0.285. The number of amides is 1.